The maximum atomic E-state index is 12.8. The van der Waals surface area contributed by atoms with Crippen molar-refractivity contribution in [3.8, 4) is 5.75 Å². The summed E-state index contributed by atoms with van der Waals surface area (Å²) in [4.78, 5) is 25.9. The Morgan fingerprint density at radius 2 is 2.00 bits per heavy atom. The van der Waals surface area contributed by atoms with Crippen molar-refractivity contribution in [3.63, 3.8) is 0 Å². The number of thioether (sulfide) groups is 1. The van der Waals surface area contributed by atoms with Gasteiger partial charge >= 0.3 is 0 Å². The molecule has 2 aromatic carbocycles. The van der Waals surface area contributed by atoms with Crippen LogP contribution in [0, 0.1) is 0 Å². The molecule has 3 aromatic rings. The van der Waals surface area contributed by atoms with Crippen LogP contribution in [0.25, 0.3) is 6.08 Å². The first-order chi connectivity index (χ1) is 15.4. The zero-order chi connectivity index (χ0) is 22.7. The van der Waals surface area contributed by atoms with Crippen LogP contribution in [-0.4, -0.2) is 21.1 Å². The number of carbonyl (C=O) groups is 2. The Morgan fingerprint density at radius 1 is 1.22 bits per heavy atom. The maximum absolute atomic E-state index is 12.8. The van der Waals surface area contributed by atoms with Gasteiger partial charge in [0.05, 0.1) is 14.3 Å². The van der Waals surface area contributed by atoms with Crippen molar-refractivity contribution in [1.82, 2.24) is 10.4 Å². The van der Waals surface area contributed by atoms with E-state index in [4.69, 9.17) is 28.6 Å². The molecule has 4 rings (SSSR count). The molecule has 162 valence electrons. The first-order valence-corrected chi connectivity index (χ1v) is 12.5. The highest BCUT2D eigenvalue weighted by Gasteiger charge is 2.34. The first kappa shape index (κ1) is 23.0. The van der Waals surface area contributed by atoms with Gasteiger partial charge in [-0.15, -0.1) is 11.3 Å². The van der Waals surface area contributed by atoms with Crippen molar-refractivity contribution in [2.45, 2.75) is 6.61 Å². The van der Waals surface area contributed by atoms with Crippen molar-refractivity contribution in [3.05, 3.63) is 90.4 Å². The molecule has 10 heteroatoms. The van der Waals surface area contributed by atoms with Gasteiger partial charge in [-0.1, -0.05) is 47.6 Å². The second kappa shape index (κ2) is 10.2. The number of halogens is 2. The summed E-state index contributed by atoms with van der Waals surface area (Å²) in [5.41, 5.74) is 4.36. The first-order valence-electron chi connectivity index (χ1n) is 9.20. The molecule has 0 aliphatic carbocycles. The van der Waals surface area contributed by atoms with Crippen LogP contribution in [0.5, 0.6) is 5.75 Å². The van der Waals surface area contributed by atoms with Crippen LogP contribution < -0.4 is 10.2 Å². The van der Waals surface area contributed by atoms with E-state index >= 15 is 0 Å². The summed E-state index contributed by atoms with van der Waals surface area (Å²) in [5.74, 6) is -0.0700. The number of nitrogens with zero attached hydrogens (tertiary/aromatic N) is 1. The van der Waals surface area contributed by atoms with E-state index in [-0.39, 0.29) is 16.1 Å². The Labute approximate surface area is 211 Å². The van der Waals surface area contributed by atoms with Gasteiger partial charge in [-0.05, 0) is 81.1 Å². The molecule has 1 aliphatic rings. The van der Waals surface area contributed by atoms with Crippen molar-refractivity contribution in [2.75, 3.05) is 0 Å². The number of thiophene rings is 1. The molecular weight excluding hydrogens is 552 g/mol. The van der Waals surface area contributed by atoms with Crippen LogP contribution in [0.15, 0.2) is 69.4 Å². The van der Waals surface area contributed by atoms with Gasteiger partial charge in [0.2, 0.25) is 0 Å². The molecule has 0 radical (unpaired) electrons. The van der Waals surface area contributed by atoms with E-state index in [1.54, 1.807) is 23.6 Å². The van der Waals surface area contributed by atoms with E-state index in [2.05, 4.69) is 21.4 Å². The number of hydrogen-bond acceptors (Lipinski definition) is 6. The van der Waals surface area contributed by atoms with Crippen LogP contribution in [0.2, 0.25) is 5.02 Å². The molecule has 0 spiro atoms. The third kappa shape index (κ3) is 5.41. The fraction of sp³-hybridized carbons (Fsp3) is 0.0455. The normalized spacial score (nSPS) is 14.8. The highest BCUT2D eigenvalue weighted by Crippen LogP contribution is 2.33. The Kier molecular flexibility index (Phi) is 7.32. The van der Waals surface area contributed by atoms with Gasteiger partial charge < -0.3 is 4.74 Å². The lowest BCUT2D eigenvalue weighted by Gasteiger charge is -2.14. The molecule has 1 N–H and O–H groups in total. The largest absolute Gasteiger partial charge is 0.488 e. The smallest absolute Gasteiger partial charge is 0.285 e. The molecule has 0 bridgehead atoms. The second-order valence-electron chi connectivity index (χ2n) is 6.54. The van der Waals surface area contributed by atoms with E-state index in [1.165, 1.54) is 11.3 Å². The molecule has 1 saturated heterocycles. The molecule has 2 amide bonds. The standard InChI is InChI=1S/C22H14BrClN2O3S3/c23-16-10-14(5-8-17(16)29-12-13-3-6-15(24)7-4-13)11-19-21(28)26(22(30)32-19)25-20(27)18-2-1-9-31-18/h1-11H,12H2,(H,25,27)/b19-11+. The highest BCUT2D eigenvalue weighted by molar-refractivity contribution is 9.10. The van der Waals surface area contributed by atoms with Gasteiger partial charge in [0.15, 0.2) is 4.32 Å². The zero-order valence-corrected chi connectivity index (χ0v) is 21.0. The fourth-order valence-electron chi connectivity index (χ4n) is 2.75. The Bertz CT molecular complexity index is 1210. The minimum atomic E-state index is -0.373. The van der Waals surface area contributed by atoms with Crippen LogP contribution in [0.1, 0.15) is 20.8 Å². The summed E-state index contributed by atoms with van der Waals surface area (Å²) < 4.78 is 6.89. The predicted octanol–water partition coefficient (Wildman–Crippen LogP) is 6.29. The molecule has 0 saturated carbocycles. The van der Waals surface area contributed by atoms with Crippen LogP contribution >= 0.6 is 62.8 Å². The molecule has 1 fully saturated rings. The second-order valence-corrected chi connectivity index (χ2v) is 10.5. The third-order valence-corrected chi connectivity index (χ3v) is 7.36. The number of rotatable bonds is 6. The highest BCUT2D eigenvalue weighted by atomic mass is 79.9. The molecule has 2 heterocycles. The summed E-state index contributed by atoms with van der Waals surface area (Å²) in [6.07, 6.45) is 1.73. The number of thiocarbonyl (C=S) groups is 1. The summed E-state index contributed by atoms with van der Waals surface area (Å²) in [6.45, 7) is 0.401. The zero-order valence-electron chi connectivity index (χ0n) is 16.2. The molecule has 0 atom stereocenters. The number of ether oxygens (including phenoxy) is 1. The van der Waals surface area contributed by atoms with Gasteiger partial charge in [0, 0.05) is 5.02 Å². The molecular formula is C22H14BrClN2O3S3. The van der Waals surface area contributed by atoms with Crippen LogP contribution in [-0.2, 0) is 11.4 Å². The van der Waals surface area contributed by atoms with Crippen molar-refractivity contribution in [1.29, 1.82) is 0 Å². The average Bonchev–Trinajstić information content (AvgIpc) is 3.39. The lowest BCUT2D eigenvalue weighted by atomic mass is 10.2. The van der Waals surface area contributed by atoms with E-state index < -0.39 is 0 Å². The van der Waals surface area contributed by atoms with Crippen LogP contribution in [0.3, 0.4) is 0 Å². The summed E-state index contributed by atoms with van der Waals surface area (Å²) in [5, 5.41) is 3.57. The minimum absolute atomic E-state index is 0.271. The Morgan fingerprint density at radius 3 is 2.69 bits per heavy atom. The van der Waals surface area contributed by atoms with Gasteiger partial charge in [0.1, 0.15) is 12.4 Å². The lowest BCUT2D eigenvalue weighted by molar-refractivity contribution is -0.123. The topological polar surface area (TPSA) is 58.6 Å². The summed E-state index contributed by atoms with van der Waals surface area (Å²) >= 11 is 17.1. The minimum Gasteiger partial charge on any atom is -0.488 e. The molecule has 1 aliphatic heterocycles. The average molecular weight is 566 g/mol. The molecule has 1 aromatic heterocycles. The van der Waals surface area contributed by atoms with Gasteiger partial charge in [-0.3, -0.25) is 15.0 Å². The number of amides is 2. The van der Waals surface area contributed by atoms with Gasteiger partial charge in [-0.25, -0.2) is 0 Å². The number of benzene rings is 2. The number of nitrogens with one attached hydrogen (secondary N) is 1. The van der Waals surface area contributed by atoms with Crippen molar-refractivity contribution < 1.29 is 14.3 Å². The quantitative estimate of drug-likeness (QED) is 0.281. The van der Waals surface area contributed by atoms with E-state index in [1.807, 2.05) is 42.5 Å². The van der Waals surface area contributed by atoms with Gasteiger partial charge in [0.25, 0.3) is 11.8 Å². The van der Waals surface area contributed by atoms with Crippen molar-refractivity contribution >= 4 is 85.1 Å². The SMILES string of the molecule is O=C(NN1C(=O)/C(=C\c2ccc(OCc3ccc(Cl)cc3)c(Br)c2)SC1=S)c1cccs1. The lowest BCUT2D eigenvalue weighted by Crippen LogP contribution is -2.44. The number of hydrogen-bond donors (Lipinski definition) is 1. The fourth-order valence-corrected chi connectivity index (χ4v) is 5.18. The van der Waals surface area contributed by atoms with E-state index in [9.17, 15) is 9.59 Å². The third-order valence-electron chi connectivity index (χ3n) is 4.31. The van der Waals surface area contributed by atoms with E-state index in [0.29, 0.717) is 27.2 Å². The Balaban J connectivity index is 1.43. The van der Waals surface area contributed by atoms with Crippen LogP contribution in [0.4, 0.5) is 0 Å². The molecule has 0 unspecified atom stereocenters. The number of carbonyl (C=O) groups excluding carboxylic acids is 2. The summed E-state index contributed by atoms with van der Waals surface area (Å²) in [6, 6.07) is 16.4. The predicted molar refractivity (Wildman–Crippen MR) is 137 cm³/mol. The summed E-state index contributed by atoms with van der Waals surface area (Å²) in [7, 11) is 0. The van der Waals surface area contributed by atoms with E-state index in [0.717, 1.165) is 32.4 Å². The monoisotopic (exact) mass is 564 g/mol. The maximum Gasteiger partial charge on any atom is 0.285 e. The Hall–Kier alpha value is -2.17. The number of hydrazine groups is 1. The molecule has 32 heavy (non-hydrogen) atoms. The molecule has 5 nitrogen and oxygen atoms in total. The van der Waals surface area contributed by atoms with Crippen molar-refractivity contribution in [2.24, 2.45) is 0 Å². The van der Waals surface area contributed by atoms with Gasteiger partial charge in [-0.2, -0.15) is 5.01 Å².